The number of ketones is 1. The van der Waals surface area contributed by atoms with Crippen LogP contribution in [-0.4, -0.2) is 18.7 Å². The average Bonchev–Trinajstić information content (AvgIpc) is 2.99. The van der Waals surface area contributed by atoms with Crippen molar-refractivity contribution in [3.8, 4) is 0 Å². The van der Waals surface area contributed by atoms with E-state index >= 15 is 0 Å². The molecule has 1 fully saturated rings. The number of carbonyl (C=O) groups is 2. The maximum Gasteiger partial charge on any atom is 0.238 e. The number of benzene rings is 1. The predicted octanol–water partition coefficient (Wildman–Crippen LogP) is 1.51. The van der Waals surface area contributed by atoms with E-state index in [9.17, 15) is 9.59 Å². The molecule has 1 aromatic carbocycles. The number of para-hydroxylation sites is 1. The fourth-order valence-electron chi connectivity index (χ4n) is 2.96. The summed E-state index contributed by atoms with van der Waals surface area (Å²) in [5.74, 6) is 0.0958. The minimum absolute atomic E-state index is 0.0777. The van der Waals surface area contributed by atoms with Gasteiger partial charge in [-0.05, 0) is 25.0 Å². The lowest BCUT2D eigenvalue weighted by atomic mass is 9.94. The molecule has 1 aromatic rings. The van der Waals surface area contributed by atoms with E-state index in [0.717, 1.165) is 11.3 Å². The third-order valence-electron chi connectivity index (χ3n) is 3.88. The fraction of sp³-hybridized carbons (Fsp3) is 0.385. The Morgan fingerprint density at radius 1 is 1.44 bits per heavy atom. The van der Waals surface area contributed by atoms with Gasteiger partial charge in [0.1, 0.15) is 5.78 Å². The second-order valence-corrected chi connectivity index (χ2v) is 4.72. The van der Waals surface area contributed by atoms with Gasteiger partial charge in [-0.15, -0.1) is 0 Å². The van der Waals surface area contributed by atoms with Crippen molar-refractivity contribution in [1.82, 2.24) is 0 Å². The first-order valence-electron chi connectivity index (χ1n) is 5.47. The first-order chi connectivity index (χ1) is 7.59. The van der Waals surface area contributed by atoms with Gasteiger partial charge in [-0.1, -0.05) is 18.2 Å². The van der Waals surface area contributed by atoms with E-state index in [1.807, 2.05) is 24.3 Å². The van der Waals surface area contributed by atoms with Gasteiger partial charge in [-0.2, -0.15) is 0 Å². The van der Waals surface area contributed by atoms with Crippen LogP contribution in [0, 0.1) is 5.92 Å². The summed E-state index contributed by atoms with van der Waals surface area (Å²) in [6, 6.07) is 7.77. The van der Waals surface area contributed by atoms with E-state index in [-0.39, 0.29) is 17.6 Å². The van der Waals surface area contributed by atoms with Gasteiger partial charge in [0.15, 0.2) is 0 Å². The van der Waals surface area contributed by atoms with Crippen LogP contribution >= 0.6 is 0 Å². The highest BCUT2D eigenvalue weighted by molar-refractivity contribution is 6.13. The second kappa shape index (κ2) is 2.73. The molecule has 0 bridgehead atoms. The molecule has 3 rings (SSSR count). The Kier molecular flexibility index (Phi) is 1.63. The van der Waals surface area contributed by atoms with Crippen LogP contribution in [0.15, 0.2) is 24.3 Å². The van der Waals surface area contributed by atoms with Gasteiger partial charge < -0.3 is 4.90 Å². The smallest absolute Gasteiger partial charge is 0.238 e. The Hall–Kier alpha value is -1.64. The Morgan fingerprint density at radius 3 is 2.75 bits per heavy atom. The zero-order valence-electron chi connectivity index (χ0n) is 9.36. The summed E-state index contributed by atoms with van der Waals surface area (Å²) in [6.07, 6.45) is 0.683. The van der Waals surface area contributed by atoms with Crippen LogP contribution in [0.4, 0.5) is 5.69 Å². The van der Waals surface area contributed by atoms with E-state index in [2.05, 4.69) is 0 Å². The van der Waals surface area contributed by atoms with Crippen molar-refractivity contribution in [2.24, 2.45) is 5.92 Å². The fourth-order valence-corrected chi connectivity index (χ4v) is 2.96. The number of fused-ring (bicyclic) bond motifs is 2. The van der Waals surface area contributed by atoms with Crippen molar-refractivity contribution < 1.29 is 9.59 Å². The van der Waals surface area contributed by atoms with Crippen LogP contribution < -0.4 is 4.90 Å². The SMILES string of the molecule is CC(=O)[C@@H]1C[C@]12C(=O)N(C)c1ccccc12. The van der Waals surface area contributed by atoms with Gasteiger partial charge in [0.25, 0.3) is 0 Å². The van der Waals surface area contributed by atoms with Crippen LogP contribution in [0.25, 0.3) is 0 Å². The molecule has 1 heterocycles. The lowest BCUT2D eigenvalue weighted by Gasteiger charge is -2.10. The van der Waals surface area contributed by atoms with Crippen LogP contribution in [0.5, 0.6) is 0 Å². The predicted molar refractivity (Wildman–Crippen MR) is 60.3 cm³/mol. The third kappa shape index (κ3) is 0.889. The number of amides is 1. The zero-order chi connectivity index (χ0) is 11.5. The molecule has 3 nitrogen and oxygen atoms in total. The Labute approximate surface area is 94.1 Å². The van der Waals surface area contributed by atoms with Crippen molar-refractivity contribution in [2.45, 2.75) is 18.8 Å². The molecule has 0 saturated heterocycles. The number of Topliss-reactive ketones (excluding diaryl/α,β-unsaturated/α-hetero) is 1. The minimum Gasteiger partial charge on any atom is -0.314 e. The first-order valence-corrected chi connectivity index (χ1v) is 5.47. The lowest BCUT2D eigenvalue weighted by molar-refractivity contribution is -0.124. The van der Waals surface area contributed by atoms with Crippen LogP contribution in [-0.2, 0) is 15.0 Å². The monoisotopic (exact) mass is 215 g/mol. The Bertz CT molecular complexity index is 508. The number of rotatable bonds is 1. The topological polar surface area (TPSA) is 37.4 Å². The van der Waals surface area contributed by atoms with E-state index < -0.39 is 5.41 Å². The molecule has 1 saturated carbocycles. The van der Waals surface area contributed by atoms with Crippen molar-refractivity contribution >= 4 is 17.4 Å². The Morgan fingerprint density at radius 2 is 2.12 bits per heavy atom. The van der Waals surface area contributed by atoms with Crippen LogP contribution in [0.2, 0.25) is 0 Å². The number of hydrogen-bond donors (Lipinski definition) is 0. The molecule has 16 heavy (non-hydrogen) atoms. The van der Waals surface area contributed by atoms with Gasteiger partial charge >= 0.3 is 0 Å². The summed E-state index contributed by atoms with van der Waals surface area (Å²) < 4.78 is 0. The highest BCUT2D eigenvalue weighted by Gasteiger charge is 2.67. The quantitative estimate of drug-likeness (QED) is 0.712. The standard InChI is InChI=1S/C13H13NO2/c1-8(15)10-7-13(10)9-5-3-4-6-11(9)14(2)12(13)16/h3-6,10H,7H2,1-2H3/t10-,13+/m0/s1. The molecule has 2 atom stereocenters. The molecule has 3 heteroatoms. The van der Waals surface area contributed by atoms with Gasteiger partial charge in [-0.3, -0.25) is 9.59 Å². The number of carbonyl (C=O) groups excluding carboxylic acids is 2. The van der Waals surface area contributed by atoms with Crippen molar-refractivity contribution in [3.63, 3.8) is 0 Å². The molecule has 1 amide bonds. The summed E-state index contributed by atoms with van der Waals surface area (Å²) in [5.41, 5.74) is 1.47. The lowest BCUT2D eigenvalue weighted by Crippen LogP contribution is -2.30. The number of anilines is 1. The zero-order valence-corrected chi connectivity index (χ0v) is 9.36. The molecule has 82 valence electrons. The third-order valence-corrected chi connectivity index (χ3v) is 3.88. The summed E-state index contributed by atoms with van der Waals surface area (Å²) in [7, 11) is 1.78. The molecule has 2 aliphatic rings. The van der Waals surface area contributed by atoms with Crippen molar-refractivity contribution in [2.75, 3.05) is 11.9 Å². The van der Waals surface area contributed by atoms with E-state index in [1.165, 1.54) is 0 Å². The molecule has 1 aliphatic carbocycles. The van der Waals surface area contributed by atoms with Crippen molar-refractivity contribution in [1.29, 1.82) is 0 Å². The number of hydrogen-bond acceptors (Lipinski definition) is 2. The number of likely N-dealkylation sites (N-methyl/N-ethyl adjacent to an activating group) is 1. The van der Waals surface area contributed by atoms with Crippen molar-refractivity contribution in [3.05, 3.63) is 29.8 Å². The van der Waals surface area contributed by atoms with E-state index in [0.29, 0.717) is 6.42 Å². The number of nitrogens with zero attached hydrogens (tertiary/aromatic N) is 1. The van der Waals surface area contributed by atoms with Crippen LogP contribution in [0.1, 0.15) is 18.9 Å². The molecule has 0 radical (unpaired) electrons. The summed E-state index contributed by atoms with van der Waals surface area (Å²) in [6.45, 7) is 1.58. The average molecular weight is 215 g/mol. The molecule has 1 aliphatic heterocycles. The maximum absolute atomic E-state index is 12.2. The molecule has 0 unspecified atom stereocenters. The molecular weight excluding hydrogens is 202 g/mol. The second-order valence-electron chi connectivity index (χ2n) is 4.72. The van der Waals surface area contributed by atoms with Crippen LogP contribution in [0.3, 0.4) is 0 Å². The molecular formula is C13H13NO2. The molecule has 1 spiro atoms. The summed E-state index contributed by atoms with van der Waals surface area (Å²) in [5, 5.41) is 0. The van der Waals surface area contributed by atoms with Gasteiger partial charge in [0, 0.05) is 18.7 Å². The maximum atomic E-state index is 12.2. The summed E-state index contributed by atoms with van der Waals surface area (Å²) in [4.78, 5) is 25.4. The highest BCUT2D eigenvalue weighted by Crippen LogP contribution is 2.61. The van der Waals surface area contributed by atoms with Gasteiger partial charge in [0.05, 0.1) is 5.41 Å². The Balaban J connectivity index is 2.17. The van der Waals surface area contributed by atoms with Gasteiger partial charge in [0.2, 0.25) is 5.91 Å². The first kappa shape index (κ1) is 9.58. The normalized spacial score (nSPS) is 30.8. The van der Waals surface area contributed by atoms with E-state index in [4.69, 9.17) is 0 Å². The molecule has 0 N–H and O–H groups in total. The largest absolute Gasteiger partial charge is 0.314 e. The minimum atomic E-state index is -0.517. The highest BCUT2D eigenvalue weighted by atomic mass is 16.2. The van der Waals surface area contributed by atoms with E-state index in [1.54, 1.807) is 18.9 Å². The van der Waals surface area contributed by atoms with Gasteiger partial charge in [-0.25, -0.2) is 0 Å². The summed E-state index contributed by atoms with van der Waals surface area (Å²) >= 11 is 0. The molecule has 0 aromatic heterocycles.